The van der Waals surface area contributed by atoms with E-state index < -0.39 is 0 Å². The van der Waals surface area contributed by atoms with Crippen molar-refractivity contribution in [2.45, 2.75) is 32.7 Å². The van der Waals surface area contributed by atoms with Crippen LogP contribution in [0.2, 0.25) is 0 Å². The zero-order chi connectivity index (χ0) is 13.7. The van der Waals surface area contributed by atoms with Crippen LogP contribution in [0.3, 0.4) is 0 Å². The number of carbonyl (C=O) groups is 1. The first-order valence-electron chi connectivity index (χ1n) is 6.79. The highest BCUT2D eigenvalue weighted by molar-refractivity contribution is 5.80. The third-order valence-corrected chi connectivity index (χ3v) is 3.11. The largest absolute Gasteiger partial charge is 0.478 e. The van der Waals surface area contributed by atoms with Crippen molar-refractivity contribution in [3.63, 3.8) is 0 Å². The number of hydrogen-bond donors (Lipinski definition) is 0. The Bertz CT molecular complexity index is 436. The second kappa shape index (κ2) is 6.41. The molecule has 2 heterocycles. The third-order valence-electron chi connectivity index (χ3n) is 3.11. The zero-order valence-corrected chi connectivity index (χ0v) is 11.5. The van der Waals surface area contributed by atoms with E-state index in [1.165, 1.54) is 0 Å². The molecule has 1 aliphatic rings. The van der Waals surface area contributed by atoms with Crippen LogP contribution in [0.5, 0.6) is 5.88 Å². The molecule has 1 unspecified atom stereocenters. The quantitative estimate of drug-likeness (QED) is 0.761. The number of pyridine rings is 1. The molecule has 1 aromatic rings. The summed E-state index contributed by atoms with van der Waals surface area (Å²) in [7, 11) is 0. The van der Waals surface area contributed by atoms with Crippen molar-refractivity contribution in [3.8, 4) is 5.88 Å². The lowest BCUT2D eigenvalue weighted by Gasteiger charge is -2.24. The second-order valence-corrected chi connectivity index (χ2v) is 4.37. The predicted octanol–water partition coefficient (Wildman–Crippen LogP) is 2.01. The Morgan fingerprint density at radius 1 is 1.42 bits per heavy atom. The van der Waals surface area contributed by atoms with Crippen LogP contribution in [0.15, 0.2) is 18.2 Å². The molecule has 0 spiro atoms. The number of rotatable bonds is 5. The van der Waals surface area contributed by atoms with Crippen molar-refractivity contribution in [1.29, 1.82) is 0 Å². The molecular formula is C14H20N2O3. The van der Waals surface area contributed by atoms with Crippen LogP contribution in [0.4, 0.5) is 5.82 Å². The lowest BCUT2D eigenvalue weighted by molar-refractivity contribution is -0.144. The van der Waals surface area contributed by atoms with Gasteiger partial charge in [-0.25, -0.2) is 4.79 Å². The number of ether oxygens (including phenoxy) is 2. The SMILES string of the molecule is CCOC(=O)C1CCCN1c1cccc(OCC)n1. The van der Waals surface area contributed by atoms with Gasteiger partial charge in [0.25, 0.3) is 0 Å². The number of hydrogen-bond acceptors (Lipinski definition) is 5. The Morgan fingerprint density at radius 3 is 3.00 bits per heavy atom. The van der Waals surface area contributed by atoms with Crippen molar-refractivity contribution in [2.75, 3.05) is 24.7 Å². The standard InChI is InChI=1S/C14H20N2O3/c1-3-18-13-9-5-8-12(15-13)16-10-6-7-11(16)14(17)19-4-2/h5,8-9,11H,3-4,6-7,10H2,1-2H3. The molecule has 19 heavy (non-hydrogen) atoms. The highest BCUT2D eigenvalue weighted by atomic mass is 16.5. The maximum Gasteiger partial charge on any atom is 0.328 e. The van der Waals surface area contributed by atoms with Crippen molar-refractivity contribution in [1.82, 2.24) is 4.98 Å². The van der Waals surface area contributed by atoms with Crippen molar-refractivity contribution < 1.29 is 14.3 Å². The molecule has 0 N–H and O–H groups in total. The summed E-state index contributed by atoms with van der Waals surface area (Å²) in [5.41, 5.74) is 0. The Morgan fingerprint density at radius 2 is 2.26 bits per heavy atom. The molecule has 0 radical (unpaired) electrons. The maximum atomic E-state index is 11.9. The smallest absolute Gasteiger partial charge is 0.328 e. The zero-order valence-electron chi connectivity index (χ0n) is 11.5. The fourth-order valence-electron chi connectivity index (χ4n) is 2.32. The second-order valence-electron chi connectivity index (χ2n) is 4.37. The molecule has 5 nitrogen and oxygen atoms in total. The summed E-state index contributed by atoms with van der Waals surface area (Å²) in [6, 6.07) is 5.40. The van der Waals surface area contributed by atoms with E-state index in [9.17, 15) is 4.79 Å². The van der Waals surface area contributed by atoms with E-state index in [1.54, 1.807) is 0 Å². The average Bonchev–Trinajstić information content (AvgIpc) is 2.89. The van der Waals surface area contributed by atoms with E-state index in [0.29, 0.717) is 19.1 Å². The topological polar surface area (TPSA) is 51.7 Å². The monoisotopic (exact) mass is 264 g/mol. The van der Waals surface area contributed by atoms with Gasteiger partial charge in [-0.1, -0.05) is 6.07 Å². The van der Waals surface area contributed by atoms with Gasteiger partial charge in [0.15, 0.2) is 0 Å². The normalized spacial score (nSPS) is 18.4. The van der Waals surface area contributed by atoms with Gasteiger partial charge in [-0.3, -0.25) is 0 Å². The van der Waals surface area contributed by atoms with Gasteiger partial charge in [-0.2, -0.15) is 4.98 Å². The molecule has 1 atom stereocenters. The summed E-state index contributed by atoms with van der Waals surface area (Å²) in [5, 5.41) is 0. The van der Waals surface area contributed by atoms with Crippen LogP contribution in [0.25, 0.3) is 0 Å². The number of nitrogens with zero attached hydrogens (tertiary/aromatic N) is 2. The van der Waals surface area contributed by atoms with E-state index in [-0.39, 0.29) is 12.0 Å². The summed E-state index contributed by atoms with van der Waals surface area (Å²) < 4.78 is 10.5. The Kier molecular flexibility index (Phi) is 4.60. The van der Waals surface area contributed by atoms with E-state index in [1.807, 2.05) is 36.9 Å². The Hall–Kier alpha value is -1.78. The van der Waals surface area contributed by atoms with E-state index >= 15 is 0 Å². The fraction of sp³-hybridized carbons (Fsp3) is 0.571. The van der Waals surface area contributed by atoms with Crippen LogP contribution in [-0.4, -0.2) is 36.8 Å². The average molecular weight is 264 g/mol. The molecule has 1 aromatic heterocycles. The first-order chi connectivity index (χ1) is 9.26. The van der Waals surface area contributed by atoms with Gasteiger partial charge in [-0.15, -0.1) is 0 Å². The van der Waals surface area contributed by atoms with Gasteiger partial charge in [-0.05, 0) is 32.8 Å². The molecule has 104 valence electrons. The molecule has 1 aliphatic heterocycles. The lowest BCUT2D eigenvalue weighted by atomic mass is 10.2. The molecular weight excluding hydrogens is 244 g/mol. The molecule has 1 saturated heterocycles. The summed E-state index contributed by atoms with van der Waals surface area (Å²) in [5.74, 6) is 1.21. The minimum atomic E-state index is -0.218. The van der Waals surface area contributed by atoms with Gasteiger partial charge >= 0.3 is 5.97 Å². The minimum Gasteiger partial charge on any atom is -0.478 e. The van der Waals surface area contributed by atoms with Gasteiger partial charge in [0.2, 0.25) is 5.88 Å². The first kappa shape index (κ1) is 13.6. The highest BCUT2D eigenvalue weighted by Crippen LogP contribution is 2.26. The van der Waals surface area contributed by atoms with Crippen LogP contribution in [-0.2, 0) is 9.53 Å². The van der Waals surface area contributed by atoms with Crippen molar-refractivity contribution in [3.05, 3.63) is 18.2 Å². The molecule has 0 aliphatic carbocycles. The van der Waals surface area contributed by atoms with Gasteiger partial charge < -0.3 is 14.4 Å². The minimum absolute atomic E-state index is 0.163. The molecule has 5 heteroatoms. The molecule has 0 saturated carbocycles. The van der Waals surface area contributed by atoms with Crippen LogP contribution in [0.1, 0.15) is 26.7 Å². The first-order valence-corrected chi connectivity index (χ1v) is 6.79. The van der Waals surface area contributed by atoms with Gasteiger partial charge in [0, 0.05) is 12.6 Å². The molecule has 2 rings (SSSR count). The Labute approximate surface area is 113 Å². The summed E-state index contributed by atoms with van der Waals surface area (Å²) in [6.07, 6.45) is 1.80. The highest BCUT2D eigenvalue weighted by Gasteiger charge is 2.32. The number of carbonyl (C=O) groups excluding carboxylic acids is 1. The molecule has 1 fully saturated rings. The van der Waals surface area contributed by atoms with Crippen LogP contribution < -0.4 is 9.64 Å². The number of aromatic nitrogens is 1. The van der Waals surface area contributed by atoms with Crippen molar-refractivity contribution >= 4 is 11.8 Å². The van der Waals surface area contributed by atoms with E-state index in [0.717, 1.165) is 25.2 Å². The molecule has 0 bridgehead atoms. The number of anilines is 1. The van der Waals surface area contributed by atoms with E-state index in [2.05, 4.69) is 4.98 Å². The summed E-state index contributed by atoms with van der Waals surface area (Å²) in [4.78, 5) is 18.4. The van der Waals surface area contributed by atoms with Crippen molar-refractivity contribution in [2.24, 2.45) is 0 Å². The third kappa shape index (κ3) is 3.16. The maximum absolute atomic E-state index is 11.9. The molecule has 0 aromatic carbocycles. The fourth-order valence-corrected chi connectivity index (χ4v) is 2.32. The van der Waals surface area contributed by atoms with Crippen LogP contribution in [0, 0.1) is 0 Å². The lowest BCUT2D eigenvalue weighted by Crippen LogP contribution is -2.37. The summed E-state index contributed by atoms with van der Waals surface area (Å²) in [6.45, 7) is 5.57. The molecule has 0 amide bonds. The Balaban J connectivity index is 2.15. The van der Waals surface area contributed by atoms with Gasteiger partial charge in [0.05, 0.1) is 13.2 Å². The number of esters is 1. The van der Waals surface area contributed by atoms with E-state index in [4.69, 9.17) is 9.47 Å². The summed E-state index contributed by atoms with van der Waals surface area (Å²) >= 11 is 0. The predicted molar refractivity (Wildman–Crippen MR) is 72.4 cm³/mol. The van der Waals surface area contributed by atoms with Gasteiger partial charge in [0.1, 0.15) is 11.9 Å². The van der Waals surface area contributed by atoms with Crippen LogP contribution >= 0.6 is 0 Å².